The van der Waals surface area contributed by atoms with Crippen molar-refractivity contribution in [1.29, 1.82) is 0 Å². The fraction of sp³-hybridized carbons (Fsp3) is 0.0476. The molecule has 9 rings (SSSR count). The number of nitrogens with one attached hydrogen (secondary N) is 1. The van der Waals surface area contributed by atoms with E-state index in [4.69, 9.17) is 0 Å². The Morgan fingerprint density at radius 1 is 0.523 bits per heavy atom. The van der Waals surface area contributed by atoms with Crippen molar-refractivity contribution in [2.24, 2.45) is 0 Å². The highest BCUT2D eigenvalue weighted by Crippen LogP contribution is 2.58. The molecular weight excluding hydrogens is 532 g/mol. The zero-order valence-corrected chi connectivity index (χ0v) is 24.2. The molecule has 2 atom stereocenters. The first-order chi connectivity index (χ1) is 21.8. The second kappa shape index (κ2) is 10.00. The minimum absolute atomic E-state index is 0.220. The number of hydrogen-bond donors (Lipinski definition) is 1. The number of anilines is 4. The summed E-state index contributed by atoms with van der Waals surface area (Å²) in [7, 11) is 0. The largest absolute Gasteiger partial charge is 0.355 e. The third kappa shape index (κ3) is 3.81. The molecule has 0 aromatic heterocycles. The lowest BCUT2D eigenvalue weighted by Gasteiger charge is -2.35. The lowest BCUT2D eigenvalue weighted by molar-refractivity contribution is 0.762. The van der Waals surface area contributed by atoms with Crippen molar-refractivity contribution < 1.29 is 0 Å². The van der Waals surface area contributed by atoms with Gasteiger partial charge in [-0.3, -0.25) is 0 Å². The van der Waals surface area contributed by atoms with Crippen LogP contribution in [0.5, 0.6) is 0 Å². The van der Waals surface area contributed by atoms with Gasteiger partial charge in [-0.1, -0.05) is 133 Å². The molecule has 2 nitrogen and oxygen atoms in total. The van der Waals surface area contributed by atoms with Crippen LogP contribution in [-0.2, 0) is 0 Å². The second-order valence-electron chi connectivity index (χ2n) is 11.8. The predicted molar refractivity (Wildman–Crippen MR) is 184 cm³/mol. The Balaban J connectivity index is 1.23. The van der Waals surface area contributed by atoms with Gasteiger partial charge in [0, 0.05) is 51.1 Å². The molecule has 44 heavy (non-hydrogen) atoms. The van der Waals surface area contributed by atoms with E-state index in [1.54, 1.807) is 0 Å². The van der Waals surface area contributed by atoms with Gasteiger partial charge in [0.25, 0.3) is 0 Å². The van der Waals surface area contributed by atoms with E-state index in [1.807, 2.05) is 0 Å². The molecule has 1 N–H and O–H groups in total. The van der Waals surface area contributed by atoms with E-state index < -0.39 is 0 Å². The first-order valence-electron chi connectivity index (χ1n) is 15.4. The topological polar surface area (TPSA) is 15.3 Å². The molecule has 1 aliphatic heterocycles. The van der Waals surface area contributed by atoms with Gasteiger partial charge in [0.2, 0.25) is 0 Å². The van der Waals surface area contributed by atoms with Crippen LogP contribution in [0.25, 0.3) is 28.5 Å². The van der Waals surface area contributed by atoms with Crippen LogP contribution >= 0.6 is 0 Å². The minimum atomic E-state index is 0.220. The first kappa shape index (κ1) is 24.9. The Morgan fingerprint density at radius 2 is 1.25 bits per heavy atom. The summed E-state index contributed by atoms with van der Waals surface area (Å²) in [5.41, 5.74) is 13.9. The molecule has 2 unspecified atom stereocenters. The third-order valence-electron chi connectivity index (χ3n) is 9.40. The minimum Gasteiger partial charge on any atom is -0.355 e. The summed E-state index contributed by atoms with van der Waals surface area (Å²) in [6.07, 6.45) is 4.66. The zero-order chi connectivity index (χ0) is 29.0. The molecule has 2 heteroatoms. The summed E-state index contributed by atoms with van der Waals surface area (Å²) in [6.45, 7) is 0. The molecule has 0 saturated heterocycles. The van der Waals surface area contributed by atoms with Gasteiger partial charge < -0.3 is 10.2 Å². The van der Waals surface area contributed by atoms with Gasteiger partial charge in [-0.15, -0.1) is 0 Å². The summed E-state index contributed by atoms with van der Waals surface area (Å²) >= 11 is 0. The van der Waals surface area contributed by atoms with E-state index in [2.05, 4.69) is 174 Å². The highest BCUT2D eigenvalue weighted by atomic mass is 15.2. The molecule has 0 radical (unpaired) electrons. The van der Waals surface area contributed by atoms with E-state index in [1.165, 1.54) is 55.2 Å². The summed E-state index contributed by atoms with van der Waals surface area (Å²) in [4.78, 5) is 2.52. The third-order valence-corrected chi connectivity index (χ3v) is 9.40. The number of para-hydroxylation sites is 2. The molecule has 0 saturated carbocycles. The predicted octanol–water partition coefficient (Wildman–Crippen LogP) is 9.12. The lowest BCUT2D eigenvalue weighted by Crippen LogP contribution is -2.40. The summed E-state index contributed by atoms with van der Waals surface area (Å²) in [5.74, 6) is 0.476. The smallest absolute Gasteiger partial charge is 0.0498 e. The zero-order valence-electron chi connectivity index (χ0n) is 24.2. The van der Waals surface area contributed by atoms with Gasteiger partial charge in [0.1, 0.15) is 0 Å². The molecule has 0 fully saturated rings. The van der Waals surface area contributed by atoms with Gasteiger partial charge in [-0.2, -0.15) is 0 Å². The number of nitrogens with zero attached hydrogens (tertiary/aromatic N) is 1. The van der Waals surface area contributed by atoms with E-state index in [0.29, 0.717) is 0 Å². The van der Waals surface area contributed by atoms with Crippen molar-refractivity contribution in [3.05, 3.63) is 185 Å². The van der Waals surface area contributed by atoms with E-state index in [-0.39, 0.29) is 11.8 Å². The average Bonchev–Trinajstić information content (AvgIpc) is 3.44. The fourth-order valence-corrected chi connectivity index (χ4v) is 7.58. The number of rotatable bonds is 4. The molecule has 0 bridgehead atoms. The molecule has 6 aromatic carbocycles. The maximum atomic E-state index is 3.76. The van der Waals surface area contributed by atoms with Crippen molar-refractivity contribution >= 4 is 40.1 Å². The summed E-state index contributed by atoms with van der Waals surface area (Å²) in [5, 5.41) is 6.41. The van der Waals surface area contributed by atoms with Crippen LogP contribution in [-0.4, -0.2) is 0 Å². The van der Waals surface area contributed by atoms with Crippen molar-refractivity contribution in [2.45, 2.75) is 11.8 Å². The van der Waals surface area contributed by atoms with Gasteiger partial charge in [-0.25, -0.2) is 0 Å². The number of fused-ring (bicyclic) bond motifs is 8. The molecule has 2 aliphatic carbocycles. The Morgan fingerprint density at radius 3 is 2.16 bits per heavy atom. The Hall–Kier alpha value is -5.60. The SMILES string of the molecule is C1=Cc2ccccc2C2C1=c1ccccc1=C1C2c2ccccc2N1c1cccc(Nc2ccccc2-c2ccccc2)c1. The monoisotopic (exact) mass is 562 g/mol. The lowest BCUT2D eigenvalue weighted by atomic mass is 9.69. The Bertz CT molecular complexity index is 2230. The summed E-state index contributed by atoms with van der Waals surface area (Å²) < 4.78 is 0. The molecule has 0 spiro atoms. The Labute approximate surface area is 257 Å². The van der Waals surface area contributed by atoms with E-state index in [0.717, 1.165) is 17.1 Å². The molecule has 0 amide bonds. The standard InChI is InChI=1S/C42H30N2/c1-2-13-28(14-3-1)32-18-8-10-23-38(32)43-30-16-12-17-31(27-30)44-39-24-11-9-22-37(39)41-40-33-19-5-4-15-29(33)25-26-35(40)34-20-6-7-21-36(34)42(41)44/h1-27,40-41,43H. The second-order valence-corrected chi connectivity index (χ2v) is 11.8. The fourth-order valence-electron chi connectivity index (χ4n) is 7.58. The van der Waals surface area contributed by atoms with E-state index >= 15 is 0 Å². The van der Waals surface area contributed by atoms with Crippen molar-refractivity contribution in [2.75, 3.05) is 10.2 Å². The van der Waals surface area contributed by atoms with Crippen LogP contribution in [0.1, 0.15) is 28.5 Å². The number of benzene rings is 6. The number of allylic oxidation sites excluding steroid dienone is 1. The Kier molecular flexibility index (Phi) is 5.67. The van der Waals surface area contributed by atoms with Crippen LogP contribution in [0, 0.1) is 0 Å². The molecule has 3 aliphatic rings. The maximum Gasteiger partial charge on any atom is 0.0498 e. The van der Waals surface area contributed by atoms with Crippen molar-refractivity contribution in [3.8, 4) is 11.1 Å². The first-order valence-corrected chi connectivity index (χ1v) is 15.4. The molecular formula is C42H30N2. The van der Waals surface area contributed by atoms with Gasteiger partial charge in [0.05, 0.1) is 0 Å². The average molecular weight is 563 g/mol. The van der Waals surface area contributed by atoms with Crippen LogP contribution in [0.15, 0.2) is 158 Å². The van der Waals surface area contributed by atoms with Gasteiger partial charge in [-0.05, 0) is 63.4 Å². The quantitative estimate of drug-likeness (QED) is 0.231. The highest BCUT2D eigenvalue weighted by Gasteiger charge is 2.44. The van der Waals surface area contributed by atoms with Crippen molar-refractivity contribution in [1.82, 2.24) is 0 Å². The maximum absolute atomic E-state index is 3.76. The highest BCUT2D eigenvalue weighted by molar-refractivity contribution is 5.97. The van der Waals surface area contributed by atoms with Crippen LogP contribution in [0.3, 0.4) is 0 Å². The van der Waals surface area contributed by atoms with Crippen LogP contribution < -0.4 is 20.7 Å². The number of hydrogen-bond acceptors (Lipinski definition) is 2. The molecule has 6 aromatic rings. The summed E-state index contributed by atoms with van der Waals surface area (Å²) in [6, 6.07) is 54.9. The molecule has 1 heterocycles. The van der Waals surface area contributed by atoms with Crippen LogP contribution in [0.2, 0.25) is 0 Å². The van der Waals surface area contributed by atoms with Crippen molar-refractivity contribution in [3.63, 3.8) is 0 Å². The van der Waals surface area contributed by atoms with Crippen LogP contribution in [0.4, 0.5) is 22.7 Å². The van der Waals surface area contributed by atoms with Gasteiger partial charge in [0.15, 0.2) is 0 Å². The normalized spacial score (nSPS) is 17.3. The molecule has 208 valence electrons. The van der Waals surface area contributed by atoms with E-state index in [9.17, 15) is 0 Å². The van der Waals surface area contributed by atoms with Gasteiger partial charge >= 0.3 is 0 Å².